The number of benzene rings is 2. The predicted molar refractivity (Wildman–Crippen MR) is 116 cm³/mol. The zero-order valence-corrected chi connectivity index (χ0v) is 17.6. The molecule has 1 fully saturated rings. The fraction of sp³-hybridized carbons (Fsp3) is 0.500. The molecule has 2 aromatic rings. The van der Waals surface area contributed by atoms with E-state index in [-0.39, 0.29) is 0 Å². The summed E-state index contributed by atoms with van der Waals surface area (Å²) in [5, 5.41) is 0. The van der Waals surface area contributed by atoms with E-state index in [1.165, 1.54) is 49.9 Å². The average Bonchev–Trinajstić information content (AvgIpc) is 3.01. The second-order valence-electron chi connectivity index (χ2n) is 7.56. The standard InChI is InChI=1S/C24H34N2O2/c1-4-26(22-13-14-23(27-2)24(17-22)28-3)19-21-11-9-20(10-12-21)18-25-15-7-5-6-8-16-25/h9-14,17H,4-8,15-16,18-19H2,1-3H3. The lowest BCUT2D eigenvalue weighted by molar-refractivity contribution is 0.277. The van der Waals surface area contributed by atoms with Crippen molar-refractivity contribution < 1.29 is 9.47 Å². The molecular formula is C24H34N2O2. The molecule has 1 aliphatic heterocycles. The zero-order chi connectivity index (χ0) is 19.8. The number of ether oxygens (including phenoxy) is 2. The minimum atomic E-state index is 0.764. The van der Waals surface area contributed by atoms with Gasteiger partial charge in [0.15, 0.2) is 11.5 Å². The molecule has 1 heterocycles. The van der Waals surface area contributed by atoms with Gasteiger partial charge in [-0.05, 0) is 56.1 Å². The number of methoxy groups -OCH3 is 2. The third-order valence-electron chi connectivity index (χ3n) is 5.62. The summed E-state index contributed by atoms with van der Waals surface area (Å²) in [5.41, 5.74) is 3.89. The van der Waals surface area contributed by atoms with Crippen LogP contribution in [-0.4, -0.2) is 38.8 Å². The minimum Gasteiger partial charge on any atom is -0.493 e. The van der Waals surface area contributed by atoms with Crippen LogP contribution in [0.2, 0.25) is 0 Å². The Bertz CT molecular complexity index is 722. The number of anilines is 1. The summed E-state index contributed by atoms with van der Waals surface area (Å²) in [4.78, 5) is 4.95. The molecule has 28 heavy (non-hydrogen) atoms. The number of hydrogen-bond acceptors (Lipinski definition) is 4. The second kappa shape index (κ2) is 10.4. The second-order valence-corrected chi connectivity index (χ2v) is 7.56. The van der Waals surface area contributed by atoms with E-state index >= 15 is 0 Å². The molecule has 0 aromatic heterocycles. The van der Waals surface area contributed by atoms with Crippen molar-refractivity contribution in [3.05, 3.63) is 53.6 Å². The number of likely N-dealkylation sites (tertiary alicyclic amines) is 1. The summed E-state index contributed by atoms with van der Waals surface area (Å²) in [6.07, 6.45) is 5.46. The van der Waals surface area contributed by atoms with Gasteiger partial charge in [-0.1, -0.05) is 37.1 Å². The SMILES string of the molecule is CCN(Cc1ccc(CN2CCCCCC2)cc1)c1ccc(OC)c(OC)c1. The first kappa shape index (κ1) is 20.5. The summed E-state index contributed by atoms with van der Waals surface area (Å²) in [7, 11) is 3.35. The molecule has 3 rings (SSSR count). The molecule has 0 atom stereocenters. The van der Waals surface area contributed by atoms with Gasteiger partial charge in [0.1, 0.15) is 0 Å². The maximum atomic E-state index is 5.46. The van der Waals surface area contributed by atoms with Gasteiger partial charge in [0.05, 0.1) is 14.2 Å². The monoisotopic (exact) mass is 382 g/mol. The lowest BCUT2D eigenvalue weighted by Gasteiger charge is -2.24. The smallest absolute Gasteiger partial charge is 0.162 e. The maximum absolute atomic E-state index is 5.46. The summed E-state index contributed by atoms with van der Waals surface area (Å²) >= 11 is 0. The molecule has 4 nitrogen and oxygen atoms in total. The highest BCUT2D eigenvalue weighted by atomic mass is 16.5. The van der Waals surface area contributed by atoms with Crippen molar-refractivity contribution in [3.63, 3.8) is 0 Å². The van der Waals surface area contributed by atoms with Gasteiger partial charge < -0.3 is 14.4 Å². The van der Waals surface area contributed by atoms with Crippen LogP contribution in [0.3, 0.4) is 0 Å². The fourth-order valence-corrected chi connectivity index (χ4v) is 3.93. The van der Waals surface area contributed by atoms with Gasteiger partial charge in [-0.15, -0.1) is 0 Å². The molecule has 2 aromatic carbocycles. The Labute approximate surface area is 170 Å². The molecule has 4 heteroatoms. The molecule has 152 valence electrons. The third-order valence-corrected chi connectivity index (χ3v) is 5.62. The van der Waals surface area contributed by atoms with Crippen LogP contribution >= 0.6 is 0 Å². The Balaban J connectivity index is 1.64. The molecule has 0 N–H and O–H groups in total. The van der Waals surface area contributed by atoms with Crippen molar-refractivity contribution in [2.75, 3.05) is 38.8 Å². The van der Waals surface area contributed by atoms with Gasteiger partial charge in [-0.3, -0.25) is 4.90 Å². The molecule has 0 unspecified atom stereocenters. The van der Waals surface area contributed by atoms with Crippen molar-refractivity contribution in [1.82, 2.24) is 4.90 Å². The lowest BCUT2D eigenvalue weighted by Crippen LogP contribution is -2.24. The van der Waals surface area contributed by atoms with E-state index < -0.39 is 0 Å². The van der Waals surface area contributed by atoms with E-state index in [2.05, 4.69) is 53.1 Å². The Morgan fingerprint density at radius 2 is 1.46 bits per heavy atom. The molecular weight excluding hydrogens is 348 g/mol. The molecule has 1 saturated heterocycles. The Hall–Kier alpha value is -2.20. The fourth-order valence-electron chi connectivity index (χ4n) is 3.93. The van der Waals surface area contributed by atoms with Crippen LogP contribution in [-0.2, 0) is 13.1 Å². The van der Waals surface area contributed by atoms with Crippen molar-refractivity contribution in [1.29, 1.82) is 0 Å². The van der Waals surface area contributed by atoms with Gasteiger partial charge in [0, 0.05) is 31.4 Å². The summed E-state index contributed by atoms with van der Waals surface area (Å²) in [5.74, 6) is 1.53. The average molecular weight is 383 g/mol. The largest absolute Gasteiger partial charge is 0.493 e. The molecule has 0 amide bonds. The van der Waals surface area contributed by atoms with Crippen LogP contribution in [0.5, 0.6) is 11.5 Å². The van der Waals surface area contributed by atoms with Crippen molar-refractivity contribution in [2.24, 2.45) is 0 Å². The van der Waals surface area contributed by atoms with Gasteiger partial charge >= 0.3 is 0 Å². The van der Waals surface area contributed by atoms with Crippen molar-refractivity contribution >= 4 is 5.69 Å². The van der Waals surface area contributed by atoms with Crippen LogP contribution in [0.1, 0.15) is 43.7 Å². The summed E-state index contributed by atoms with van der Waals surface area (Å²) in [6, 6.07) is 15.3. The maximum Gasteiger partial charge on any atom is 0.162 e. The van der Waals surface area contributed by atoms with Gasteiger partial charge in [0.2, 0.25) is 0 Å². The first-order valence-corrected chi connectivity index (χ1v) is 10.5. The number of hydrogen-bond donors (Lipinski definition) is 0. The van der Waals surface area contributed by atoms with E-state index in [0.29, 0.717) is 0 Å². The highest BCUT2D eigenvalue weighted by molar-refractivity contribution is 5.56. The molecule has 1 aliphatic rings. The zero-order valence-electron chi connectivity index (χ0n) is 17.6. The van der Waals surface area contributed by atoms with E-state index in [4.69, 9.17) is 9.47 Å². The third kappa shape index (κ3) is 5.41. The van der Waals surface area contributed by atoms with E-state index in [0.717, 1.165) is 36.8 Å². The van der Waals surface area contributed by atoms with Gasteiger partial charge in [-0.25, -0.2) is 0 Å². The van der Waals surface area contributed by atoms with Crippen LogP contribution in [0.15, 0.2) is 42.5 Å². The van der Waals surface area contributed by atoms with E-state index in [1.54, 1.807) is 14.2 Å². The van der Waals surface area contributed by atoms with Crippen molar-refractivity contribution in [3.8, 4) is 11.5 Å². The molecule has 0 spiro atoms. The highest BCUT2D eigenvalue weighted by Crippen LogP contribution is 2.32. The molecule has 0 bridgehead atoms. The Kier molecular flexibility index (Phi) is 7.61. The van der Waals surface area contributed by atoms with E-state index in [1.807, 2.05) is 6.07 Å². The van der Waals surface area contributed by atoms with Crippen LogP contribution in [0.4, 0.5) is 5.69 Å². The Morgan fingerprint density at radius 3 is 2.07 bits per heavy atom. The lowest BCUT2D eigenvalue weighted by atomic mass is 10.1. The minimum absolute atomic E-state index is 0.764. The first-order valence-electron chi connectivity index (χ1n) is 10.5. The van der Waals surface area contributed by atoms with Crippen LogP contribution in [0, 0.1) is 0 Å². The normalized spacial score (nSPS) is 15.1. The van der Waals surface area contributed by atoms with Gasteiger partial charge in [-0.2, -0.15) is 0 Å². The number of rotatable bonds is 8. The van der Waals surface area contributed by atoms with Crippen molar-refractivity contribution in [2.45, 2.75) is 45.7 Å². The summed E-state index contributed by atoms with van der Waals surface area (Å²) < 4.78 is 10.8. The topological polar surface area (TPSA) is 24.9 Å². The molecule has 0 saturated carbocycles. The predicted octanol–water partition coefficient (Wildman–Crippen LogP) is 5.11. The quantitative estimate of drug-likeness (QED) is 0.634. The highest BCUT2D eigenvalue weighted by Gasteiger charge is 2.12. The molecule has 0 radical (unpaired) electrons. The van der Waals surface area contributed by atoms with Crippen LogP contribution in [0.25, 0.3) is 0 Å². The van der Waals surface area contributed by atoms with E-state index in [9.17, 15) is 0 Å². The summed E-state index contributed by atoms with van der Waals surface area (Å²) in [6.45, 7) is 7.56. The van der Waals surface area contributed by atoms with Crippen LogP contribution < -0.4 is 14.4 Å². The van der Waals surface area contributed by atoms with Gasteiger partial charge in [0.25, 0.3) is 0 Å². The number of nitrogens with zero attached hydrogens (tertiary/aromatic N) is 2. The molecule has 0 aliphatic carbocycles. The Morgan fingerprint density at radius 1 is 0.821 bits per heavy atom. The first-order chi connectivity index (χ1) is 13.7.